The van der Waals surface area contributed by atoms with Crippen LogP contribution in [0.3, 0.4) is 0 Å². The standard InChI is InChI=1S/C21H17N5O6/c1-3-31-20(28)13-5-4-12(2)15(10-13)17-9-7-14(32-17)6-8-16-18(26(29)30)19(27)25-21(24-16)22-11-23-25/h4-11H,3H2,1-2H3,(H,22,23,24). The van der Waals surface area contributed by atoms with Gasteiger partial charge in [-0.1, -0.05) is 6.07 Å². The number of ether oxygens (including phenoxy) is 1. The van der Waals surface area contributed by atoms with Crippen LogP contribution in [-0.2, 0) is 4.74 Å². The van der Waals surface area contributed by atoms with E-state index in [2.05, 4.69) is 15.1 Å². The molecule has 162 valence electrons. The van der Waals surface area contributed by atoms with Gasteiger partial charge in [0.1, 0.15) is 17.8 Å². The van der Waals surface area contributed by atoms with Crippen LogP contribution in [0, 0.1) is 17.0 Å². The van der Waals surface area contributed by atoms with Gasteiger partial charge in [-0.2, -0.15) is 4.52 Å². The molecule has 3 aromatic heterocycles. The Morgan fingerprint density at radius 2 is 2.12 bits per heavy atom. The minimum Gasteiger partial charge on any atom is -0.462 e. The van der Waals surface area contributed by atoms with Crippen molar-refractivity contribution in [1.29, 1.82) is 0 Å². The van der Waals surface area contributed by atoms with Crippen molar-refractivity contribution in [3.05, 3.63) is 79.7 Å². The van der Waals surface area contributed by atoms with Crippen molar-refractivity contribution < 1.29 is 18.9 Å². The predicted octanol–water partition coefficient (Wildman–Crippen LogP) is 3.24. The lowest BCUT2D eigenvalue weighted by atomic mass is 10.0. The van der Waals surface area contributed by atoms with Crippen LogP contribution in [0.15, 0.2) is 45.9 Å². The van der Waals surface area contributed by atoms with Crippen LogP contribution in [0.4, 0.5) is 5.69 Å². The highest BCUT2D eigenvalue weighted by Crippen LogP contribution is 2.28. The predicted molar refractivity (Wildman–Crippen MR) is 114 cm³/mol. The third kappa shape index (κ3) is 3.78. The van der Waals surface area contributed by atoms with E-state index < -0.39 is 22.1 Å². The summed E-state index contributed by atoms with van der Waals surface area (Å²) in [6.45, 7) is 3.88. The van der Waals surface area contributed by atoms with Crippen LogP contribution < -0.4 is 5.56 Å². The summed E-state index contributed by atoms with van der Waals surface area (Å²) in [5.74, 6) is 0.448. The number of aryl methyl sites for hydroxylation is 1. The summed E-state index contributed by atoms with van der Waals surface area (Å²) in [5, 5.41) is 13.9. The average Bonchev–Trinajstić information content (AvgIpc) is 3.42. The molecule has 0 aliphatic rings. The second kappa shape index (κ2) is 8.30. The number of hydrogen-bond acceptors (Lipinski definition) is 8. The summed E-state index contributed by atoms with van der Waals surface area (Å²) >= 11 is 0. The molecular formula is C21H17N5O6. The molecule has 4 rings (SSSR count). The second-order valence-electron chi connectivity index (χ2n) is 6.72. The molecular weight excluding hydrogens is 418 g/mol. The Labute approximate surface area is 180 Å². The van der Waals surface area contributed by atoms with E-state index in [1.807, 2.05) is 6.92 Å². The highest BCUT2D eigenvalue weighted by atomic mass is 16.6. The summed E-state index contributed by atoms with van der Waals surface area (Å²) in [6.07, 6.45) is 4.00. The van der Waals surface area contributed by atoms with Crippen LogP contribution in [0.25, 0.3) is 29.3 Å². The minimum atomic E-state index is -0.872. The molecule has 11 heteroatoms. The van der Waals surface area contributed by atoms with E-state index in [9.17, 15) is 19.7 Å². The second-order valence-corrected chi connectivity index (χ2v) is 6.72. The first-order chi connectivity index (χ1) is 15.4. The highest BCUT2D eigenvalue weighted by Gasteiger charge is 2.23. The number of esters is 1. The largest absolute Gasteiger partial charge is 0.462 e. The van der Waals surface area contributed by atoms with Gasteiger partial charge in [0, 0.05) is 5.56 Å². The SMILES string of the molecule is CCOC(=O)c1ccc(C)c(-c2ccc(C=Cc3nc4nc[nH]n4c(=O)c3[N+](=O)[O-])o2)c1. The maximum atomic E-state index is 12.3. The summed E-state index contributed by atoms with van der Waals surface area (Å²) in [5.41, 5.74) is 0.281. The van der Waals surface area contributed by atoms with Gasteiger partial charge >= 0.3 is 17.2 Å². The van der Waals surface area contributed by atoms with Crippen molar-refractivity contribution in [3.8, 4) is 11.3 Å². The third-order valence-electron chi connectivity index (χ3n) is 4.66. The van der Waals surface area contributed by atoms with Crippen LogP contribution in [0.1, 0.15) is 34.3 Å². The smallest absolute Gasteiger partial charge is 0.361 e. The van der Waals surface area contributed by atoms with Crippen LogP contribution in [-0.4, -0.2) is 37.1 Å². The Morgan fingerprint density at radius 3 is 2.88 bits per heavy atom. The molecule has 0 radical (unpaired) electrons. The van der Waals surface area contributed by atoms with Crippen LogP contribution in [0.2, 0.25) is 0 Å². The van der Waals surface area contributed by atoms with E-state index in [1.165, 1.54) is 18.5 Å². The van der Waals surface area contributed by atoms with E-state index in [4.69, 9.17) is 9.15 Å². The number of hydrogen-bond donors (Lipinski definition) is 1. The van der Waals surface area contributed by atoms with Gasteiger partial charge in [-0.3, -0.25) is 20.0 Å². The lowest BCUT2D eigenvalue weighted by molar-refractivity contribution is -0.386. The van der Waals surface area contributed by atoms with Gasteiger partial charge in [0.2, 0.25) is 0 Å². The van der Waals surface area contributed by atoms with Crippen molar-refractivity contribution in [2.75, 3.05) is 6.61 Å². The van der Waals surface area contributed by atoms with Crippen molar-refractivity contribution in [2.45, 2.75) is 13.8 Å². The number of nitrogens with zero attached hydrogens (tertiary/aromatic N) is 4. The number of furan rings is 1. The summed E-state index contributed by atoms with van der Waals surface area (Å²) in [4.78, 5) is 42.9. The number of H-pyrrole nitrogens is 1. The zero-order valence-corrected chi connectivity index (χ0v) is 17.1. The molecule has 0 aliphatic heterocycles. The summed E-state index contributed by atoms with van der Waals surface area (Å²) in [7, 11) is 0. The maximum Gasteiger partial charge on any atom is 0.361 e. The van der Waals surface area contributed by atoms with Gasteiger partial charge < -0.3 is 9.15 Å². The molecule has 0 spiro atoms. The Kier molecular flexibility index (Phi) is 5.37. The van der Waals surface area contributed by atoms with E-state index in [-0.39, 0.29) is 18.1 Å². The van der Waals surface area contributed by atoms with Crippen LogP contribution in [0.5, 0.6) is 0 Å². The normalized spacial score (nSPS) is 11.3. The van der Waals surface area contributed by atoms with Gasteiger partial charge in [0.25, 0.3) is 5.78 Å². The topological polar surface area (TPSA) is 146 Å². The molecule has 1 N–H and O–H groups in total. The Bertz CT molecular complexity index is 1430. The summed E-state index contributed by atoms with van der Waals surface area (Å²) in [6, 6.07) is 8.52. The number of carbonyl (C=O) groups is 1. The Morgan fingerprint density at radius 1 is 1.31 bits per heavy atom. The minimum absolute atomic E-state index is 0.00629. The average molecular weight is 435 g/mol. The number of aromatic amines is 1. The lowest BCUT2D eigenvalue weighted by Gasteiger charge is -2.06. The monoisotopic (exact) mass is 435 g/mol. The Hall–Kier alpha value is -4.54. The number of fused-ring (bicyclic) bond motifs is 1. The molecule has 3 heterocycles. The number of carbonyl (C=O) groups excluding carboxylic acids is 1. The first-order valence-corrected chi connectivity index (χ1v) is 9.55. The fourth-order valence-electron chi connectivity index (χ4n) is 3.13. The van der Waals surface area contributed by atoms with Gasteiger partial charge in [-0.05, 0) is 55.8 Å². The number of rotatable bonds is 6. The van der Waals surface area contributed by atoms with E-state index >= 15 is 0 Å². The fraction of sp³-hybridized carbons (Fsp3) is 0.143. The number of benzene rings is 1. The van der Waals surface area contributed by atoms with Gasteiger partial charge in [-0.25, -0.2) is 14.8 Å². The number of nitro groups is 1. The number of nitrogens with one attached hydrogen (secondary N) is 1. The van der Waals surface area contributed by atoms with Crippen molar-refractivity contribution in [2.24, 2.45) is 0 Å². The molecule has 0 unspecified atom stereocenters. The first-order valence-electron chi connectivity index (χ1n) is 9.55. The molecule has 0 atom stereocenters. The third-order valence-corrected chi connectivity index (χ3v) is 4.66. The van der Waals surface area contributed by atoms with Crippen molar-refractivity contribution in [1.82, 2.24) is 19.6 Å². The van der Waals surface area contributed by atoms with Gasteiger partial charge in [0.05, 0.1) is 17.1 Å². The van der Waals surface area contributed by atoms with E-state index in [0.29, 0.717) is 22.6 Å². The lowest BCUT2D eigenvalue weighted by Crippen LogP contribution is -2.20. The maximum absolute atomic E-state index is 12.3. The first kappa shape index (κ1) is 20.7. The van der Waals surface area contributed by atoms with Crippen molar-refractivity contribution >= 4 is 29.6 Å². The fourth-order valence-corrected chi connectivity index (χ4v) is 3.13. The molecule has 32 heavy (non-hydrogen) atoms. The zero-order chi connectivity index (χ0) is 22.8. The van der Waals surface area contributed by atoms with Crippen LogP contribution >= 0.6 is 0 Å². The number of aromatic nitrogens is 4. The molecule has 0 saturated heterocycles. The van der Waals surface area contributed by atoms with E-state index in [1.54, 1.807) is 37.3 Å². The molecule has 0 aliphatic carbocycles. The highest BCUT2D eigenvalue weighted by molar-refractivity contribution is 5.91. The van der Waals surface area contributed by atoms with Gasteiger partial charge in [-0.15, -0.1) is 0 Å². The molecule has 1 aromatic carbocycles. The van der Waals surface area contributed by atoms with Crippen molar-refractivity contribution in [3.63, 3.8) is 0 Å². The quantitative estimate of drug-likeness (QED) is 0.276. The molecule has 0 fully saturated rings. The molecule has 11 nitrogen and oxygen atoms in total. The molecule has 0 saturated carbocycles. The molecule has 4 aromatic rings. The summed E-state index contributed by atoms with van der Waals surface area (Å²) < 4.78 is 11.8. The Balaban J connectivity index is 1.68. The zero-order valence-electron chi connectivity index (χ0n) is 17.1. The molecule has 0 bridgehead atoms. The molecule has 0 amide bonds. The van der Waals surface area contributed by atoms with Gasteiger partial charge in [0.15, 0.2) is 5.69 Å². The van der Waals surface area contributed by atoms with E-state index in [0.717, 1.165) is 10.1 Å².